The Balaban J connectivity index is 2.22. The first-order valence-corrected chi connectivity index (χ1v) is 5.99. The first-order valence-electron chi connectivity index (χ1n) is 5.99. The minimum atomic E-state index is -0.0435. The number of hydrogen-bond donors (Lipinski definition) is 2. The van der Waals surface area contributed by atoms with Gasteiger partial charge >= 0.3 is 0 Å². The van der Waals surface area contributed by atoms with Crippen molar-refractivity contribution >= 4 is 11.6 Å². The van der Waals surface area contributed by atoms with E-state index in [2.05, 4.69) is 31.3 Å². The standard InChI is InChI=1S/C14H20N2O/c1-10(17)16-12-6-4-11(5-7-12)14(9-15)8-13(14,2)3/h4-7H,8-9,15H2,1-3H3,(H,16,17). The second kappa shape index (κ2) is 3.84. The monoisotopic (exact) mass is 232 g/mol. The minimum absolute atomic E-state index is 0.0435. The first kappa shape index (κ1) is 12.1. The van der Waals surface area contributed by atoms with E-state index in [0.717, 1.165) is 12.1 Å². The summed E-state index contributed by atoms with van der Waals surface area (Å²) in [6.07, 6.45) is 1.13. The second-order valence-electron chi connectivity index (χ2n) is 5.61. The van der Waals surface area contributed by atoms with Crippen molar-refractivity contribution in [3.8, 4) is 0 Å². The van der Waals surface area contributed by atoms with E-state index in [1.807, 2.05) is 12.1 Å². The average Bonchev–Trinajstić information content (AvgIpc) is 2.82. The molecular weight excluding hydrogens is 212 g/mol. The highest BCUT2D eigenvalue weighted by Gasteiger charge is 2.60. The molecule has 3 N–H and O–H groups in total. The number of carbonyl (C=O) groups excluding carboxylic acids is 1. The van der Waals surface area contributed by atoms with Gasteiger partial charge in [-0.2, -0.15) is 0 Å². The zero-order chi connectivity index (χ0) is 12.7. The van der Waals surface area contributed by atoms with E-state index >= 15 is 0 Å². The van der Waals surface area contributed by atoms with Crippen molar-refractivity contribution in [1.82, 2.24) is 0 Å². The van der Waals surface area contributed by atoms with Gasteiger partial charge in [-0.15, -0.1) is 0 Å². The Morgan fingerprint density at radius 1 is 1.35 bits per heavy atom. The second-order valence-corrected chi connectivity index (χ2v) is 5.61. The summed E-state index contributed by atoms with van der Waals surface area (Å²) >= 11 is 0. The van der Waals surface area contributed by atoms with E-state index in [-0.39, 0.29) is 16.7 Å². The van der Waals surface area contributed by atoms with E-state index in [1.54, 1.807) is 0 Å². The minimum Gasteiger partial charge on any atom is -0.330 e. The molecule has 0 saturated heterocycles. The molecule has 1 aromatic carbocycles. The Hall–Kier alpha value is -1.35. The molecule has 1 amide bonds. The van der Waals surface area contributed by atoms with Crippen LogP contribution in [0.4, 0.5) is 5.69 Å². The summed E-state index contributed by atoms with van der Waals surface area (Å²) in [7, 11) is 0. The number of rotatable bonds is 3. The van der Waals surface area contributed by atoms with Gasteiger partial charge in [-0.05, 0) is 29.5 Å². The fraction of sp³-hybridized carbons (Fsp3) is 0.500. The van der Waals surface area contributed by atoms with Crippen molar-refractivity contribution in [2.24, 2.45) is 11.1 Å². The highest BCUT2D eigenvalue weighted by molar-refractivity contribution is 5.88. The number of carbonyl (C=O) groups is 1. The summed E-state index contributed by atoms with van der Waals surface area (Å²) < 4.78 is 0. The van der Waals surface area contributed by atoms with Crippen LogP contribution in [0.3, 0.4) is 0 Å². The molecule has 0 aliphatic heterocycles. The maximum atomic E-state index is 10.9. The molecule has 0 bridgehead atoms. The average molecular weight is 232 g/mol. The van der Waals surface area contributed by atoms with Crippen molar-refractivity contribution in [2.75, 3.05) is 11.9 Å². The summed E-state index contributed by atoms with van der Waals surface area (Å²) in [6.45, 7) is 6.70. The fourth-order valence-corrected chi connectivity index (χ4v) is 2.75. The molecule has 1 atom stereocenters. The molecule has 1 fully saturated rings. The quantitative estimate of drug-likeness (QED) is 0.840. The highest BCUT2D eigenvalue weighted by Crippen LogP contribution is 2.63. The van der Waals surface area contributed by atoms with Gasteiger partial charge in [0, 0.05) is 24.6 Å². The lowest BCUT2D eigenvalue weighted by Crippen LogP contribution is -2.25. The molecule has 0 spiro atoms. The van der Waals surface area contributed by atoms with E-state index in [0.29, 0.717) is 6.54 Å². The van der Waals surface area contributed by atoms with Crippen molar-refractivity contribution in [3.63, 3.8) is 0 Å². The molecule has 1 unspecified atom stereocenters. The SMILES string of the molecule is CC(=O)Nc1ccc(C2(CN)CC2(C)C)cc1. The zero-order valence-electron chi connectivity index (χ0n) is 10.7. The Kier molecular flexibility index (Phi) is 2.74. The van der Waals surface area contributed by atoms with E-state index < -0.39 is 0 Å². The van der Waals surface area contributed by atoms with Crippen molar-refractivity contribution in [2.45, 2.75) is 32.6 Å². The molecular formula is C14H20N2O. The molecule has 3 heteroatoms. The Morgan fingerprint density at radius 3 is 2.24 bits per heavy atom. The largest absolute Gasteiger partial charge is 0.330 e. The number of benzene rings is 1. The number of nitrogens with one attached hydrogen (secondary N) is 1. The number of nitrogens with two attached hydrogens (primary N) is 1. The molecule has 0 radical (unpaired) electrons. The van der Waals surface area contributed by atoms with Gasteiger partial charge in [-0.1, -0.05) is 26.0 Å². The van der Waals surface area contributed by atoms with Crippen molar-refractivity contribution in [3.05, 3.63) is 29.8 Å². The van der Waals surface area contributed by atoms with Crippen LogP contribution in [0.5, 0.6) is 0 Å². The van der Waals surface area contributed by atoms with Crippen LogP contribution in [-0.2, 0) is 10.2 Å². The lowest BCUT2D eigenvalue weighted by Gasteiger charge is -2.19. The third-order valence-electron chi connectivity index (χ3n) is 4.02. The summed E-state index contributed by atoms with van der Waals surface area (Å²) in [5.41, 5.74) is 8.46. The van der Waals surface area contributed by atoms with E-state index in [9.17, 15) is 4.79 Å². The molecule has 92 valence electrons. The number of anilines is 1. The summed E-state index contributed by atoms with van der Waals surface area (Å²) in [5.74, 6) is -0.0435. The highest BCUT2D eigenvalue weighted by atomic mass is 16.1. The maximum absolute atomic E-state index is 10.9. The third kappa shape index (κ3) is 1.95. The molecule has 0 heterocycles. The summed E-state index contributed by atoms with van der Waals surface area (Å²) in [6, 6.07) is 8.05. The Morgan fingerprint density at radius 2 is 1.88 bits per heavy atom. The molecule has 1 aromatic rings. The molecule has 3 nitrogen and oxygen atoms in total. The van der Waals surface area contributed by atoms with Gasteiger partial charge < -0.3 is 11.1 Å². The van der Waals surface area contributed by atoms with Crippen LogP contribution in [0.1, 0.15) is 32.8 Å². The fourth-order valence-electron chi connectivity index (χ4n) is 2.75. The normalized spacial score (nSPS) is 25.4. The van der Waals surface area contributed by atoms with Gasteiger partial charge in [0.25, 0.3) is 0 Å². The van der Waals surface area contributed by atoms with Crippen molar-refractivity contribution in [1.29, 1.82) is 0 Å². The van der Waals surface area contributed by atoms with Crippen LogP contribution in [0.2, 0.25) is 0 Å². The first-order chi connectivity index (χ1) is 7.91. The molecule has 1 saturated carbocycles. The van der Waals surface area contributed by atoms with Gasteiger partial charge in [0.1, 0.15) is 0 Å². The van der Waals surface area contributed by atoms with Crippen LogP contribution in [0.25, 0.3) is 0 Å². The van der Waals surface area contributed by atoms with Gasteiger partial charge in [-0.25, -0.2) is 0 Å². The Labute approximate surface area is 102 Å². The van der Waals surface area contributed by atoms with E-state index in [4.69, 9.17) is 5.73 Å². The lowest BCUT2D eigenvalue weighted by molar-refractivity contribution is -0.114. The van der Waals surface area contributed by atoms with Crippen LogP contribution in [0, 0.1) is 5.41 Å². The van der Waals surface area contributed by atoms with Crippen molar-refractivity contribution < 1.29 is 4.79 Å². The molecule has 0 aromatic heterocycles. The molecule has 1 aliphatic rings. The molecule has 1 aliphatic carbocycles. The number of amides is 1. The smallest absolute Gasteiger partial charge is 0.221 e. The Bertz CT molecular complexity index is 436. The van der Waals surface area contributed by atoms with Gasteiger partial charge in [0.05, 0.1) is 0 Å². The molecule has 17 heavy (non-hydrogen) atoms. The summed E-state index contributed by atoms with van der Waals surface area (Å²) in [4.78, 5) is 10.9. The topological polar surface area (TPSA) is 55.1 Å². The predicted octanol–water partition coefficient (Wildman–Crippen LogP) is 2.27. The predicted molar refractivity (Wildman–Crippen MR) is 69.9 cm³/mol. The van der Waals surface area contributed by atoms with Gasteiger partial charge in [0.15, 0.2) is 0 Å². The van der Waals surface area contributed by atoms with Gasteiger partial charge in [0.2, 0.25) is 5.91 Å². The van der Waals surface area contributed by atoms with Crippen LogP contribution < -0.4 is 11.1 Å². The van der Waals surface area contributed by atoms with Gasteiger partial charge in [-0.3, -0.25) is 4.79 Å². The van der Waals surface area contributed by atoms with Crippen LogP contribution in [-0.4, -0.2) is 12.5 Å². The lowest BCUT2D eigenvalue weighted by atomic mass is 9.88. The molecule has 2 rings (SSSR count). The number of hydrogen-bond acceptors (Lipinski definition) is 2. The zero-order valence-corrected chi connectivity index (χ0v) is 10.7. The summed E-state index contributed by atoms with van der Waals surface area (Å²) in [5, 5.41) is 2.77. The third-order valence-corrected chi connectivity index (χ3v) is 4.02. The van der Waals surface area contributed by atoms with Crippen LogP contribution in [0.15, 0.2) is 24.3 Å². The maximum Gasteiger partial charge on any atom is 0.221 e. The van der Waals surface area contributed by atoms with E-state index in [1.165, 1.54) is 12.5 Å². The van der Waals surface area contributed by atoms with Crippen LogP contribution >= 0.6 is 0 Å².